The van der Waals surface area contributed by atoms with Crippen LogP contribution in [0.3, 0.4) is 0 Å². The van der Waals surface area contributed by atoms with Gasteiger partial charge in [0.25, 0.3) is 6.01 Å². The van der Waals surface area contributed by atoms with Gasteiger partial charge in [-0.3, -0.25) is 0 Å². The van der Waals surface area contributed by atoms with Gasteiger partial charge < -0.3 is 4.74 Å². The largest absolute Gasteiger partial charge is 0.467 e. The third-order valence-electron chi connectivity index (χ3n) is 0.434. The zero-order valence-electron chi connectivity index (χ0n) is 4.82. The van der Waals surface area contributed by atoms with Gasteiger partial charge in [-0.15, -0.1) is 0 Å². The lowest BCUT2D eigenvalue weighted by Gasteiger charge is -2.03. The van der Waals surface area contributed by atoms with E-state index in [2.05, 4.69) is 4.74 Å². The highest BCUT2D eigenvalue weighted by molar-refractivity contribution is 6.25. The Bertz CT molecular complexity index is 90.4. The van der Waals surface area contributed by atoms with Crippen LogP contribution in [-0.4, -0.2) is 6.10 Å². The minimum Gasteiger partial charge on any atom is -0.467 e. The Labute approximate surface area is 53.1 Å². The Morgan fingerprint density at radius 3 is 2.38 bits per heavy atom. The maximum absolute atomic E-state index is 11.9. The smallest absolute Gasteiger partial charge is 0.284 e. The zero-order chi connectivity index (χ0) is 6.57. The molecule has 0 aliphatic carbocycles. The van der Waals surface area contributed by atoms with E-state index in [1.54, 1.807) is 13.8 Å². The maximum atomic E-state index is 11.9. The van der Waals surface area contributed by atoms with Gasteiger partial charge in [0, 0.05) is 0 Å². The Hall–Kier alpha value is -0.240. The first-order valence-corrected chi connectivity index (χ1v) is 2.73. The SMILES string of the molecule is CC(C)O/C(F)=C/Cl. The molecule has 3 heteroatoms. The average Bonchev–Trinajstić information content (AvgIpc) is 1.65. The number of hydrogen-bond donors (Lipinski definition) is 0. The second-order valence-electron chi connectivity index (χ2n) is 1.58. The van der Waals surface area contributed by atoms with Crippen LogP contribution in [0.2, 0.25) is 0 Å². The number of ether oxygens (including phenoxy) is 1. The van der Waals surface area contributed by atoms with E-state index in [0.29, 0.717) is 0 Å². The molecule has 48 valence electrons. The normalized spacial score (nSPS) is 12.4. The summed E-state index contributed by atoms with van der Waals surface area (Å²) in [6.07, 6.45) is -0.148. The van der Waals surface area contributed by atoms with Crippen LogP contribution >= 0.6 is 11.6 Å². The molecule has 8 heavy (non-hydrogen) atoms. The van der Waals surface area contributed by atoms with Crippen molar-refractivity contribution >= 4 is 11.6 Å². The molecule has 0 radical (unpaired) electrons. The maximum Gasteiger partial charge on any atom is 0.284 e. The molecule has 0 amide bonds. The van der Waals surface area contributed by atoms with Crippen molar-refractivity contribution in [1.82, 2.24) is 0 Å². The van der Waals surface area contributed by atoms with Gasteiger partial charge in [-0.05, 0) is 13.8 Å². The predicted octanol–water partition coefficient (Wildman–Crippen LogP) is 2.42. The van der Waals surface area contributed by atoms with Crippen LogP contribution in [0, 0.1) is 0 Å². The Balaban J connectivity index is 3.39. The van der Waals surface area contributed by atoms with Gasteiger partial charge in [-0.2, -0.15) is 4.39 Å². The lowest BCUT2D eigenvalue weighted by molar-refractivity contribution is 0.0944. The molecular formula is C5H8ClFO. The van der Waals surface area contributed by atoms with Crippen molar-refractivity contribution in [3.05, 3.63) is 11.5 Å². The number of rotatable bonds is 2. The van der Waals surface area contributed by atoms with Gasteiger partial charge >= 0.3 is 0 Å². The standard InChI is InChI=1S/C5H8ClFO/c1-4(2)8-5(7)3-6/h3-4H,1-2H3/b5-3+. The van der Waals surface area contributed by atoms with Crippen LogP contribution in [0.1, 0.15) is 13.8 Å². The average molecular weight is 139 g/mol. The van der Waals surface area contributed by atoms with Crippen LogP contribution in [0.25, 0.3) is 0 Å². The van der Waals surface area contributed by atoms with Crippen molar-refractivity contribution in [3.8, 4) is 0 Å². The molecule has 0 aliphatic heterocycles. The molecule has 0 heterocycles. The Morgan fingerprint density at radius 2 is 2.25 bits per heavy atom. The summed E-state index contributed by atoms with van der Waals surface area (Å²) in [5.74, 6) is 0. The second-order valence-corrected chi connectivity index (χ2v) is 1.80. The van der Waals surface area contributed by atoms with Crippen LogP contribution in [0.15, 0.2) is 11.5 Å². The van der Waals surface area contributed by atoms with E-state index in [1.807, 2.05) is 0 Å². The van der Waals surface area contributed by atoms with E-state index < -0.39 is 6.01 Å². The summed E-state index contributed by atoms with van der Waals surface area (Å²) in [5, 5.41) is 0. The molecule has 0 aromatic heterocycles. The minimum atomic E-state index is -0.735. The first-order chi connectivity index (χ1) is 3.66. The fraction of sp³-hybridized carbons (Fsp3) is 0.600. The molecule has 1 nitrogen and oxygen atoms in total. The highest BCUT2D eigenvalue weighted by Gasteiger charge is 1.95. The van der Waals surface area contributed by atoms with Crippen LogP contribution in [0.5, 0.6) is 0 Å². The van der Waals surface area contributed by atoms with Crippen molar-refractivity contribution in [3.63, 3.8) is 0 Å². The van der Waals surface area contributed by atoms with Crippen LogP contribution in [0.4, 0.5) is 4.39 Å². The molecule has 0 N–H and O–H groups in total. The molecular weight excluding hydrogens is 131 g/mol. The summed E-state index contributed by atoms with van der Waals surface area (Å²) in [4.78, 5) is 0. The van der Waals surface area contributed by atoms with E-state index in [-0.39, 0.29) is 6.10 Å². The molecule has 0 rings (SSSR count). The van der Waals surface area contributed by atoms with Gasteiger partial charge in [-0.25, -0.2) is 0 Å². The molecule has 0 spiro atoms. The lowest BCUT2D eigenvalue weighted by Crippen LogP contribution is -1.98. The molecule has 0 aromatic rings. The third-order valence-corrected chi connectivity index (χ3v) is 0.606. The summed E-state index contributed by atoms with van der Waals surface area (Å²) >= 11 is 4.93. The summed E-state index contributed by atoms with van der Waals surface area (Å²) in [6.45, 7) is 3.44. The van der Waals surface area contributed by atoms with E-state index >= 15 is 0 Å². The van der Waals surface area contributed by atoms with E-state index in [9.17, 15) is 4.39 Å². The fourth-order valence-corrected chi connectivity index (χ4v) is 0.302. The molecule has 0 saturated heterocycles. The summed E-state index contributed by atoms with van der Waals surface area (Å²) in [5.41, 5.74) is 0.764. The van der Waals surface area contributed by atoms with Crippen molar-refractivity contribution in [2.75, 3.05) is 0 Å². The Morgan fingerprint density at radius 1 is 1.75 bits per heavy atom. The van der Waals surface area contributed by atoms with E-state index in [1.165, 1.54) is 0 Å². The topological polar surface area (TPSA) is 9.23 Å². The summed E-state index contributed by atoms with van der Waals surface area (Å²) in [6, 6.07) is -0.735. The fourth-order valence-electron chi connectivity index (χ4n) is 0.251. The quantitative estimate of drug-likeness (QED) is 0.533. The monoisotopic (exact) mass is 138 g/mol. The second kappa shape index (κ2) is 3.72. The molecule has 0 aromatic carbocycles. The first kappa shape index (κ1) is 7.76. The zero-order valence-corrected chi connectivity index (χ0v) is 5.57. The molecule has 0 fully saturated rings. The highest BCUT2D eigenvalue weighted by Crippen LogP contribution is 2.03. The van der Waals surface area contributed by atoms with Crippen LogP contribution in [-0.2, 0) is 4.74 Å². The predicted molar refractivity (Wildman–Crippen MR) is 31.3 cm³/mol. The lowest BCUT2D eigenvalue weighted by atomic mass is 10.5. The molecule has 0 atom stereocenters. The van der Waals surface area contributed by atoms with Crippen LogP contribution < -0.4 is 0 Å². The van der Waals surface area contributed by atoms with Gasteiger partial charge in [0.05, 0.1) is 11.6 Å². The molecule has 0 unspecified atom stereocenters. The Kier molecular flexibility index (Phi) is 3.61. The van der Waals surface area contributed by atoms with Crippen molar-refractivity contribution in [2.45, 2.75) is 20.0 Å². The molecule has 0 saturated carbocycles. The van der Waals surface area contributed by atoms with E-state index in [0.717, 1.165) is 5.54 Å². The highest BCUT2D eigenvalue weighted by atomic mass is 35.5. The third kappa shape index (κ3) is 3.93. The minimum absolute atomic E-state index is 0.148. The van der Waals surface area contributed by atoms with Crippen molar-refractivity contribution in [1.29, 1.82) is 0 Å². The summed E-state index contributed by atoms with van der Waals surface area (Å²) < 4.78 is 16.4. The number of hydrogen-bond acceptors (Lipinski definition) is 1. The van der Waals surface area contributed by atoms with E-state index in [4.69, 9.17) is 11.6 Å². The molecule has 0 aliphatic rings. The first-order valence-electron chi connectivity index (χ1n) is 2.29. The van der Waals surface area contributed by atoms with Gasteiger partial charge in [-0.1, -0.05) is 11.6 Å². The van der Waals surface area contributed by atoms with Gasteiger partial charge in [0.15, 0.2) is 0 Å². The number of halogens is 2. The van der Waals surface area contributed by atoms with Crippen molar-refractivity contribution in [2.24, 2.45) is 0 Å². The summed E-state index contributed by atoms with van der Waals surface area (Å²) in [7, 11) is 0. The van der Waals surface area contributed by atoms with Crippen molar-refractivity contribution < 1.29 is 9.13 Å². The van der Waals surface area contributed by atoms with Gasteiger partial charge in [0.2, 0.25) is 0 Å². The molecule has 0 bridgehead atoms. The van der Waals surface area contributed by atoms with Gasteiger partial charge in [0.1, 0.15) is 0 Å².